The molecule has 0 spiro atoms. The summed E-state index contributed by atoms with van der Waals surface area (Å²) in [4.78, 5) is 11.7. The van der Waals surface area contributed by atoms with Crippen LogP contribution in [-0.2, 0) is 4.79 Å². The number of azo groups is 1. The van der Waals surface area contributed by atoms with Gasteiger partial charge in [0.15, 0.2) is 0 Å². The van der Waals surface area contributed by atoms with Crippen molar-refractivity contribution in [3.63, 3.8) is 0 Å². The van der Waals surface area contributed by atoms with Gasteiger partial charge in [0.2, 0.25) is 0 Å². The summed E-state index contributed by atoms with van der Waals surface area (Å²) in [6, 6.07) is 14.8. The Bertz CT molecular complexity index is 846. The van der Waals surface area contributed by atoms with Crippen molar-refractivity contribution in [3.8, 4) is 5.75 Å². The number of phenolic OH excluding ortho intramolecular Hbond substituents is 1. The summed E-state index contributed by atoms with van der Waals surface area (Å²) >= 11 is 0. The molecule has 5 heteroatoms. The Labute approximate surface area is 133 Å². The van der Waals surface area contributed by atoms with E-state index in [0.717, 1.165) is 10.8 Å². The van der Waals surface area contributed by atoms with Crippen LogP contribution in [0.25, 0.3) is 21.5 Å². The van der Waals surface area contributed by atoms with Crippen molar-refractivity contribution in [2.24, 2.45) is 16.0 Å². The van der Waals surface area contributed by atoms with E-state index in [1.807, 2.05) is 48.5 Å². The summed E-state index contributed by atoms with van der Waals surface area (Å²) in [6.07, 6.45) is 0.878. The topological polar surface area (TPSA) is 88.0 Å². The van der Waals surface area contributed by atoms with Crippen LogP contribution in [0.2, 0.25) is 0 Å². The average Bonchev–Trinajstić information content (AvgIpc) is 2.60. The monoisotopic (exact) mass is 307 g/mol. The van der Waals surface area contributed by atoms with Crippen molar-refractivity contribution >= 4 is 33.1 Å². The molecule has 0 saturated carbocycles. The molecule has 23 heavy (non-hydrogen) atoms. The van der Waals surface area contributed by atoms with E-state index < -0.39 is 0 Å². The highest BCUT2D eigenvalue weighted by molar-refractivity contribution is 6.14. The maximum atomic E-state index is 11.7. The Morgan fingerprint density at radius 2 is 1.48 bits per heavy atom. The van der Waals surface area contributed by atoms with E-state index >= 15 is 0 Å². The molecule has 1 amide bonds. The quantitative estimate of drug-likeness (QED) is 0.563. The fourth-order valence-corrected chi connectivity index (χ4v) is 2.60. The standard InChI is InChI=1S/C18H17N3O2/c19-11-5-10-16(22)20-21-17-12-6-1-3-8-14(12)18(23)15-9-4-2-7-13(15)17/h1-4,6-9,23H,5,10-11,19H2. The van der Waals surface area contributed by atoms with Gasteiger partial charge in [-0.25, -0.2) is 0 Å². The summed E-state index contributed by atoms with van der Waals surface area (Å²) in [5, 5.41) is 21.4. The zero-order chi connectivity index (χ0) is 16.2. The van der Waals surface area contributed by atoms with Gasteiger partial charge in [-0.05, 0) is 13.0 Å². The van der Waals surface area contributed by atoms with Crippen LogP contribution in [0, 0.1) is 0 Å². The first-order valence-corrected chi connectivity index (χ1v) is 7.49. The molecule has 0 fully saturated rings. The summed E-state index contributed by atoms with van der Waals surface area (Å²) in [5.41, 5.74) is 5.99. The van der Waals surface area contributed by atoms with Crippen molar-refractivity contribution in [1.29, 1.82) is 0 Å². The highest BCUT2D eigenvalue weighted by Crippen LogP contribution is 2.41. The predicted molar refractivity (Wildman–Crippen MR) is 90.9 cm³/mol. The number of benzene rings is 3. The molecule has 0 atom stereocenters. The minimum absolute atomic E-state index is 0.213. The molecular weight excluding hydrogens is 290 g/mol. The first-order chi connectivity index (χ1) is 11.2. The summed E-state index contributed by atoms with van der Waals surface area (Å²) in [6.45, 7) is 0.451. The zero-order valence-electron chi connectivity index (χ0n) is 12.6. The van der Waals surface area contributed by atoms with Gasteiger partial charge in [0.25, 0.3) is 5.91 Å². The number of aromatic hydroxyl groups is 1. The summed E-state index contributed by atoms with van der Waals surface area (Å²) < 4.78 is 0. The molecular formula is C18H17N3O2. The second-order valence-electron chi connectivity index (χ2n) is 5.27. The lowest BCUT2D eigenvalue weighted by molar-refractivity contribution is -0.118. The molecule has 0 unspecified atom stereocenters. The van der Waals surface area contributed by atoms with E-state index in [1.54, 1.807) is 0 Å². The highest BCUT2D eigenvalue weighted by atomic mass is 16.3. The van der Waals surface area contributed by atoms with Gasteiger partial charge in [0, 0.05) is 28.0 Å². The Hall–Kier alpha value is -2.79. The predicted octanol–water partition coefficient (Wildman–Crippen LogP) is 4.05. The van der Waals surface area contributed by atoms with E-state index in [2.05, 4.69) is 10.2 Å². The van der Waals surface area contributed by atoms with Crippen LogP contribution in [0.5, 0.6) is 5.75 Å². The van der Waals surface area contributed by atoms with Crippen LogP contribution in [-0.4, -0.2) is 17.6 Å². The van der Waals surface area contributed by atoms with Crippen molar-refractivity contribution < 1.29 is 9.90 Å². The number of hydrogen-bond donors (Lipinski definition) is 2. The number of carbonyl (C=O) groups is 1. The third-order valence-electron chi connectivity index (χ3n) is 3.73. The smallest absolute Gasteiger partial charge is 0.264 e. The minimum atomic E-state index is -0.295. The normalized spacial score (nSPS) is 11.5. The lowest BCUT2D eigenvalue weighted by Gasteiger charge is -2.09. The molecule has 0 aliphatic heterocycles. The van der Waals surface area contributed by atoms with Gasteiger partial charge in [-0.3, -0.25) is 4.79 Å². The molecule has 3 aromatic carbocycles. The number of carbonyl (C=O) groups excluding carboxylic acids is 1. The molecule has 116 valence electrons. The van der Waals surface area contributed by atoms with Gasteiger partial charge in [-0.15, -0.1) is 10.2 Å². The van der Waals surface area contributed by atoms with E-state index in [0.29, 0.717) is 29.4 Å². The molecule has 3 aromatic rings. The fraction of sp³-hybridized carbons (Fsp3) is 0.167. The van der Waals surface area contributed by atoms with Crippen LogP contribution in [0.15, 0.2) is 58.8 Å². The SMILES string of the molecule is NCCCC(=O)N=Nc1c2ccccc2c(O)c2ccccc12. The maximum absolute atomic E-state index is 11.7. The Kier molecular flexibility index (Phi) is 4.30. The lowest BCUT2D eigenvalue weighted by Crippen LogP contribution is -2.01. The van der Waals surface area contributed by atoms with Crippen LogP contribution >= 0.6 is 0 Å². The first-order valence-electron chi connectivity index (χ1n) is 7.49. The van der Waals surface area contributed by atoms with E-state index in [1.165, 1.54) is 0 Å². The van der Waals surface area contributed by atoms with Crippen LogP contribution in [0.3, 0.4) is 0 Å². The fourth-order valence-electron chi connectivity index (χ4n) is 2.60. The number of nitrogens with zero attached hydrogens (tertiary/aromatic N) is 2. The molecule has 0 aliphatic carbocycles. The van der Waals surface area contributed by atoms with Gasteiger partial charge in [0.05, 0.1) is 0 Å². The van der Waals surface area contributed by atoms with E-state index in [4.69, 9.17) is 5.73 Å². The largest absolute Gasteiger partial charge is 0.507 e. The maximum Gasteiger partial charge on any atom is 0.264 e. The molecule has 0 aromatic heterocycles. The molecule has 0 aliphatic rings. The van der Waals surface area contributed by atoms with Crippen LogP contribution < -0.4 is 5.73 Å². The number of phenols is 1. The zero-order valence-corrected chi connectivity index (χ0v) is 12.6. The molecule has 0 bridgehead atoms. The van der Waals surface area contributed by atoms with E-state index in [-0.39, 0.29) is 18.1 Å². The number of rotatable bonds is 4. The first kappa shape index (κ1) is 15.1. The van der Waals surface area contributed by atoms with Gasteiger partial charge in [0.1, 0.15) is 11.4 Å². The second kappa shape index (κ2) is 6.54. The Balaban J connectivity index is 2.19. The van der Waals surface area contributed by atoms with Crippen molar-refractivity contribution in [1.82, 2.24) is 0 Å². The van der Waals surface area contributed by atoms with Gasteiger partial charge < -0.3 is 10.8 Å². The molecule has 0 radical (unpaired) electrons. The number of fused-ring (bicyclic) bond motifs is 2. The Morgan fingerprint density at radius 1 is 0.957 bits per heavy atom. The summed E-state index contributed by atoms with van der Waals surface area (Å²) in [5.74, 6) is -0.0821. The number of hydrogen-bond acceptors (Lipinski definition) is 4. The third kappa shape index (κ3) is 2.91. The lowest BCUT2D eigenvalue weighted by atomic mass is 10.00. The van der Waals surface area contributed by atoms with Gasteiger partial charge in [-0.2, -0.15) is 0 Å². The minimum Gasteiger partial charge on any atom is -0.507 e. The van der Waals surface area contributed by atoms with Crippen molar-refractivity contribution in [2.45, 2.75) is 12.8 Å². The van der Waals surface area contributed by atoms with Gasteiger partial charge >= 0.3 is 0 Å². The number of amides is 1. The van der Waals surface area contributed by atoms with Crippen LogP contribution in [0.1, 0.15) is 12.8 Å². The molecule has 3 N–H and O–H groups in total. The third-order valence-corrected chi connectivity index (χ3v) is 3.73. The van der Waals surface area contributed by atoms with Gasteiger partial charge in [-0.1, -0.05) is 48.5 Å². The Morgan fingerprint density at radius 3 is 2.00 bits per heavy atom. The molecule has 0 saturated heterocycles. The van der Waals surface area contributed by atoms with E-state index in [9.17, 15) is 9.90 Å². The number of nitrogens with two attached hydrogens (primary N) is 1. The van der Waals surface area contributed by atoms with Crippen LogP contribution in [0.4, 0.5) is 5.69 Å². The molecule has 5 nitrogen and oxygen atoms in total. The average molecular weight is 307 g/mol. The molecule has 3 rings (SSSR count). The second-order valence-corrected chi connectivity index (χ2v) is 5.27. The summed E-state index contributed by atoms with van der Waals surface area (Å²) in [7, 11) is 0. The highest BCUT2D eigenvalue weighted by Gasteiger charge is 2.12. The molecule has 0 heterocycles. The van der Waals surface area contributed by atoms with Crippen molar-refractivity contribution in [2.75, 3.05) is 6.54 Å². The van der Waals surface area contributed by atoms with Crippen molar-refractivity contribution in [3.05, 3.63) is 48.5 Å².